The van der Waals surface area contributed by atoms with E-state index in [2.05, 4.69) is 49.4 Å². The third kappa shape index (κ3) is 7.77. The average molecular weight is 691 g/mol. The lowest BCUT2D eigenvalue weighted by Gasteiger charge is -2.39. The highest BCUT2D eigenvalue weighted by Gasteiger charge is 2.30. The summed E-state index contributed by atoms with van der Waals surface area (Å²) in [5.74, 6) is -1.51. The van der Waals surface area contributed by atoms with Gasteiger partial charge in [-0.1, -0.05) is 39.1 Å². The second-order valence-corrected chi connectivity index (χ2v) is 21.9. The molecule has 3 heterocycles. The first-order chi connectivity index (χ1) is 22.8. The predicted octanol–water partition coefficient (Wildman–Crippen LogP) is 8.85. The number of benzene rings is 2. The first-order valence-corrected chi connectivity index (χ1v) is 21.6. The fourth-order valence-corrected chi connectivity index (χ4v) is 8.66. The maximum Gasteiger partial charge on any atom is 0.248 e. The van der Waals surface area contributed by atoms with Crippen LogP contribution in [-0.4, -0.2) is 62.8 Å². The van der Waals surface area contributed by atoms with E-state index in [4.69, 9.17) is 10.5 Å². The van der Waals surface area contributed by atoms with Gasteiger partial charge in [-0.05, 0) is 83.6 Å². The van der Waals surface area contributed by atoms with Crippen molar-refractivity contribution in [3.63, 3.8) is 0 Å². The Morgan fingerprint density at radius 3 is 2.44 bits per heavy atom. The van der Waals surface area contributed by atoms with Crippen molar-refractivity contribution in [3.8, 4) is 11.1 Å². The number of fused-ring (bicyclic) bond motifs is 1. The Morgan fingerprint density at radius 1 is 1.02 bits per heavy atom. The molecule has 10 heteroatoms. The topological polar surface area (TPSA) is 63.7 Å². The molecule has 2 aromatic carbocycles. The maximum absolute atomic E-state index is 15.7. The summed E-state index contributed by atoms with van der Waals surface area (Å²) in [7, 11) is -1.26. The molecule has 1 fully saturated rings. The van der Waals surface area contributed by atoms with Gasteiger partial charge in [-0.15, -0.1) is 11.3 Å². The number of anilines is 1. The van der Waals surface area contributed by atoms with Crippen molar-refractivity contribution in [3.05, 3.63) is 81.7 Å². The van der Waals surface area contributed by atoms with Gasteiger partial charge in [0, 0.05) is 86.7 Å². The average Bonchev–Trinajstić information content (AvgIpc) is 3.69. The van der Waals surface area contributed by atoms with E-state index < -0.39 is 25.6 Å². The summed E-state index contributed by atoms with van der Waals surface area (Å²) in [5.41, 5.74) is 11.8. The molecular formula is C38H48F2N4O2SSi. The molecule has 0 unspecified atom stereocenters. The summed E-state index contributed by atoms with van der Waals surface area (Å²) in [6.45, 7) is 17.1. The standard InChI is InChI=1S/C38H48F2N4O2SSi/c1-38(2)12-10-27(23-42-14-16-43(17-15-42)29-8-6-26(7-9-29)37(41)45)31(22-38)34-20-28(24-47-34)35-33(40)21-32(39)30-11-13-44(36(30)35)25-46-18-19-48(3,4)5/h6-9,11,13,20-21,24H,10,12,14-19,22-23,25H2,1-5H3,(H2,41,45). The highest BCUT2D eigenvalue weighted by molar-refractivity contribution is 7.11. The molecule has 2 aliphatic rings. The first kappa shape index (κ1) is 34.5. The van der Waals surface area contributed by atoms with Crippen LogP contribution in [0.1, 0.15) is 48.3 Å². The van der Waals surface area contributed by atoms with Crippen molar-refractivity contribution in [2.45, 2.75) is 65.5 Å². The van der Waals surface area contributed by atoms with Crippen LogP contribution in [0.5, 0.6) is 0 Å². The van der Waals surface area contributed by atoms with Crippen molar-refractivity contribution in [1.82, 2.24) is 9.47 Å². The number of nitrogens with zero attached hydrogens (tertiary/aromatic N) is 3. The number of allylic oxidation sites excluding steroid dienone is 1. The van der Waals surface area contributed by atoms with Gasteiger partial charge in [0.25, 0.3) is 0 Å². The Hall–Kier alpha value is -3.31. The van der Waals surface area contributed by atoms with E-state index in [1.165, 1.54) is 16.0 Å². The number of primary amides is 1. The van der Waals surface area contributed by atoms with Crippen LogP contribution in [0.25, 0.3) is 27.6 Å². The Labute approximate surface area is 288 Å². The quantitative estimate of drug-likeness (QED) is 0.126. The number of piperazine rings is 1. The lowest BCUT2D eigenvalue weighted by molar-refractivity contribution is 0.0902. The lowest BCUT2D eigenvalue weighted by atomic mass is 9.73. The number of carbonyl (C=O) groups excluding carboxylic acids is 1. The summed E-state index contributed by atoms with van der Waals surface area (Å²) in [5, 5.41) is 2.44. The lowest BCUT2D eigenvalue weighted by Crippen LogP contribution is -2.47. The number of rotatable bonds is 11. The summed E-state index contributed by atoms with van der Waals surface area (Å²) < 4.78 is 38.6. The second-order valence-electron chi connectivity index (χ2n) is 15.4. The number of carbonyl (C=O) groups is 1. The van der Waals surface area contributed by atoms with Gasteiger partial charge in [0.1, 0.15) is 18.4 Å². The summed E-state index contributed by atoms with van der Waals surface area (Å²) in [4.78, 5) is 17.5. The smallest absolute Gasteiger partial charge is 0.248 e. The predicted molar refractivity (Wildman–Crippen MR) is 197 cm³/mol. The van der Waals surface area contributed by atoms with E-state index in [0.29, 0.717) is 28.6 Å². The molecule has 0 atom stereocenters. The molecule has 48 heavy (non-hydrogen) atoms. The molecule has 6 rings (SSSR count). The van der Waals surface area contributed by atoms with E-state index in [-0.39, 0.29) is 12.1 Å². The van der Waals surface area contributed by atoms with Crippen LogP contribution in [0.2, 0.25) is 25.7 Å². The molecule has 0 spiro atoms. The zero-order chi connectivity index (χ0) is 34.2. The number of halogens is 2. The van der Waals surface area contributed by atoms with Crippen molar-refractivity contribution >= 4 is 47.5 Å². The molecular weight excluding hydrogens is 643 g/mol. The number of aromatic nitrogens is 1. The largest absolute Gasteiger partial charge is 0.369 e. The molecule has 256 valence electrons. The number of nitrogens with two attached hydrogens (primary N) is 1. The van der Waals surface area contributed by atoms with E-state index in [0.717, 1.165) is 75.3 Å². The summed E-state index contributed by atoms with van der Waals surface area (Å²) >= 11 is 1.66. The molecule has 0 saturated carbocycles. The highest BCUT2D eigenvalue weighted by Crippen LogP contribution is 2.46. The van der Waals surface area contributed by atoms with Crippen LogP contribution < -0.4 is 10.6 Å². The Morgan fingerprint density at radius 2 is 1.75 bits per heavy atom. The minimum absolute atomic E-state index is 0.176. The number of thiophene rings is 1. The Bertz CT molecular complexity index is 1810. The van der Waals surface area contributed by atoms with Gasteiger partial charge in [0.15, 0.2) is 0 Å². The first-order valence-electron chi connectivity index (χ1n) is 17.0. The van der Waals surface area contributed by atoms with Gasteiger partial charge < -0.3 is 19.9 Å². The normalized spacial score (nSPS) is 17.4. The van der Waals surface area contributed by atoms with Gasteiger partial charge in [-0.25, -0.2) is 8.78 Å². The highest BCUT2D eigenvalue weighted by atomic mass is 32.1. The van der Waals surface area contributed by atoms with Gasteiger partial charge >= 0.3 is 0 Å². The number of hydrogen-bond donors (Lipinski definition) is 1. The Kier molecular flexibility index (Phi) is 10.0. The van der Waals surface area contributed by atoms with Crippen molar-refractivity contribution in [1.29, 1.82) is 0 Å². The Balaban J connectivity index is 1.23. The van der Waals surface area contributed by atoms with Gasteiger partial charge in [-0.2, -0.15) is 0 Å². The van der Waals surface area contributed by atoms with Crippen LogP contribution in [0, 0.1) is 17.0 Å². The van der Waals surface area contributed by atoms with Gasteiger partial charge in [0.2, 0.25) is 5.91 Å². The van der Waals surface area contributed by atoms with Gasteiger partial charge in [-0.3, -0.25) is 9.69 Å². The van der Waals surface area contributed by atoms with Crippen molar-refractivity contribution in [2.24, 2.45) is 11.1 Å². The minimum atomic E-state index is -1.26. The van der Waals surface area contributed by atoms with E-state index in [1.807, 2.05) is 22.1 Å². The third-order valence-electron chi connectivity index (χ3n) is 9.85. The van der Waals surface area contributed by atoms with Crippen LogP contribution in [0.15, 0.2) is 59.6 Å². The molecule has 1 aliphatic carbocycles. The fraction of sp³-hybridized carbons (Fsp3) is 0.447. The molecule has 0 radical (unpaired) electrons. The molecule has 1 saturated heterocycles. The molecule has 6 nitrogen and oxygen atoms in total. The molecule has 4 aromatic rings. The molecule has 2 aromatic heterocycles. The summed E-state index contributed by atoms with van der Waals surface area (Å²) in [6.07, 6.45) is 4.95. The number of hydrogen-bond acceptors (Lipinski definition) is 5. The summed E-state index contributed by atoms with van der Waals surface area (Å²) in [6, 6.07) is 13.4. The van der Waals surface area contributed by atoms with E-state index in [1.54, 1.807) is 35.7 Å². The third-order valence-corrected chi connectivity index (χ3v) is 12.5. The minimum Gasteiger partial charge on any atom is -0.369 e. The second kappa shape index (κ2) is 13.9. The van der Waals surface area contributed by atoms with Gasteiger partial charge in [0.05, 0.1) is 5.52 Å². The van der Waals surface area contributed by atoms with Crippen LogP contribution in [-0.2, 0) is 11.5 Å². The van der Waals surface area contributed by atoms with Crippen molar-refractivity contribution < 1.29 is 18.3 Å². The molecule has 2 N–H and O–H groups in total. The monoisotopic (exact) mass is 690 g/mol. The number of amides is 1. The number of ether oxygens (including phenoxy) is 1. The SMILES string of the molecule is CC1(C)CCC(CN2CCN(c3ccc(C(N)=O)cc3)CC2)=C(c2cc(-c3c(F)cc(F)c4ccn(COCC[Si](C)(C)C)c34)cs2)C1. The molecule has 0 bridgehead atoms. The maximum atomic E-state index is 15.7. The fourth-order valence-electron chi connectivity index (χ4n) is 6.91. The molecule has 1 amide bonds. The molecule has 1 aliphatic heterocycles. The van der Waals surface area contributed by atoms with Crippen LogP contribution in [0.3, 0.4) is 0 Å². The van der Waals surface area contributed by atoms with Crippen molar-refractivity contribution in [2.75, 3.05) is 44.2 Å². The van der Waals surface area contributed by atoms with Crippen LogP contribution in [0.4, 0.5) is 14.5 Å². The zero-order valence-corrected chi connectivity index (χ0v) is 30.7. The van der Waals surface area contributed by atoms with E-state index in [9.17, 15) is 4.79 Å². The van der Waals surface area contributed by atoms with E-state index >= 15 is 8.78 Å². The van der Waals surface area contributed by atoms with Crippen LogP contribution >= 0.6 is 11.3 Å². The zero-order valence-electron chi connectivity index (χ0n) is 28.9.